The number of anilines is 1. The molecule has 2 heteroatoms. The van der Waals surface area contributed by atoms with Gasteiger partial charge in [0.25, 0.3) is 0 Å². The molecule has 0 bridgehead atoms. The normalized spacial score (nSPS) is 27.3. The lowest BCUT2D eigenvalue weighted by Gasteiger charge is -2.35. The minimum Gasteiger partial charge on any atom is -0.371 e. The first-order chi connectivity index (χ1) is 8.88. The van der Waals surface area contributed by atoms with E-state index in [1.165, 1.54) is 56.4 Å². The zero-order chi connectivity index (χ0) is 12.4. The van der Waals surface area contributed by atoms with Crippen molar-refractivity contribution in [1.82, 2.24) is 5.32 Å². The average molecular weight is 244 g/mol. The number of rotatable bonds is 3. The Hall–Kier alpha value is -1.02. The molecular formula is C16H24N2. The van der Waals surface area contributed by atoms with E-state index in [0.717, 1.165) is 12.0 Å². The lowest BCUT2D eigenvalue weighted by Crippen LogP contribution is -2.42. The molecule has 0 amide bonds. The Morgan fingerprint density at radius 2 is 2.06 bits per heavy atom. The van der Waals surface area contributed by atoms with Gasteiger partial charge in [0.1, 0.15) is 0 Å². The number of benzene rings is 1. The Kier molecular flexibility index (Phi) is 3.55. The highest BCUT2D eigenvalue weighted by atomic mass is 15.2. The summed E-state index contributed by atoms with van der Waals surface area (Å²) in [4.78, 5) is 2.61. The van der Waals surface area contributed by atoms with Crippen LogP contribution in [-0.2, 0) is 6.42 Å². The van der Waals surface area contributed by atoms with Crippen LogP contribution in [0.4, 0.5) is 5.69 Å². The van der Waals surface area contributed by atoms with Crippen molar-refractivity contribution < 1.29 is 0 Å². The quantitative estimate of drug-likeness (QED) is 0.879. The molecule has 1 saturated carbocycles. The molecule has 2 nitrogen and oxygen atoms in total. The third-order valence-electron chi connectivity index (χ3n) is 4.72. The van der Waals surface area contributed by atoms with Crippen LogP contribution in [0.5, 0.6) is 0 Å². The van der Waals surface area contributed by atoms with Crippen molar-refractivity contribution in [2.45, 2.75) is 38.1 Å². The zero-order valence-electron chi connectivity index (χ0n) is 11.4. The molecule has 0 saturated heterocycles. The molecule has 2 atom stereocenters. The zero-order valence-corrected chi connectivity index (χ0v) is 11.4. The van der Waals surface area contributed by atoms with Gasteiger partial charge in [-0.3, -0.25) is 0 Å². The van der Waals surface area contributed by atoms with E-state index in [1.54, 1.807) is 0 Å². The van der Waals surface area contributed by atoms with Gasteiger partial charge in [-0.2, -0.15) is 0 Å². The van der Waals surface area contributed by atoms with Crippen LogP contribution < -0.4 is 10.2 Å². The fourth-order valence-corrected chi connectivity index (χ4v) is 3.69. The molecule has 1 aromatic rings. The summed E-state index contributed by atoms with van der Waals surface area (Å²) in [5.74, 6) is 0.829. The highest BCUT2D eigenvalue weighted by Gasteiger charge is 2.28. The molecule has 1 aliphatic carbocycles. The highest BCUT2D eigenvalue weighted by Crippen LogP contribution is 2.31. The van der Waals surface area contributed by atoms with Crippen LogP contribution in [0, 0.1) is 5.92 Å². The van der Waals surface area contributed by atoms with E-state index in [9.17, 15) is 0 Å². The van der Waals surface area contributed by atoms with E-state index in [2.05, 4.69) is 41.5 Å². The molecule has 18 heavy (non-hydrogen) atoms. The number of nitrogens with one attached hydrogen (secondary N) is 1. The van der Waals surface area contributed by atoms with Crippen molar-refractivity contribution in [2.75, 3.05) is 25.0 Å². The van der Waals surface area contributed by atoms with Crippen molar-refractivity contribution >= 4 is 5.69 Å². The number of hydrogen-bond donors (Lipinski definition) is 1. The van der Waals surface area contributed by atoms with Crippen LogP contribution in [-0.4, -0.2) is 26.2 Å². The van der Waals surface area contributed by atoms with Gasteiger partial charge in [0.05, 0.1) is 0 Å². The standard InChI is InChI=1S/C16H24N2/c1-17-15-8-4-2-7-14(15)12-18-11-10-13-6-3-5-9-16(13)18/h3,5-6,9,14-15,17H,2,4,7-8,10-12H2,1H3. The van der Waals surface area contributed by atoms with Gasteiger partial charge in [-0.1, -0.05) is 31.0 Å². The van der Waals surface area contributed by atoms with Crippen LogP contribution in [0.1, 0.15) is 31.2 Å². The molecular weight excluding hydrogens is 220 g/mol. The minimum absolute atomic E-state index is 0.728. The van der Waals surface area contributed by atoms with Crippen LogP contribution in [0.2, 0.25) is 0 Å². The summed E-state index contributed by atoms with van der Waals surface area (Å²) in [6, 6.07) is 9.64. The van der Waals surface area contributed by atoms with Crippen LogP contribution in [0.25, 0.3) is 0 Å². The van der Waals surface area contributed by atoms with Gasteiger partial charge >= 0.3 is 0 Å². The molecule has 2 aliphatic rings. The monoisotopic (exact) mass is 244 g/mol. The maximum absolute atomic E-state index is 3.53. The molecule has 1 aliphatic heterocycles. The Morgan fingerprint density at radius 1 is 1.22 bits per heavy atom. The summed E-state index contributed by atoms with van der Waals surface area (Å²) in [5, 5.41) is 3.53. The first kappa shape index (κ1) is 12.0. The Morgan fingerprint density at radius 3 is 2.94 bits per heavy atom. The fourth-order valence-electron chi connectivity index (χ4n) is 3.69. The van der Waals surface area contributed by atoms with Gasteiger partial charge < -0.3 is 10.2 Å². The van der Waals surface area contributed by atoms with E-state index in [0.29, 0.717) is 0 Å². The van der Waals surface area contributed by atoms with Crippen LogP contribution in [0.15, 0.2) is 24.3 Å². The van der Waals surface area contributed by atoms with E-state index >= 15 is 0 Å². The largest absolute Gasteiger partial charge is 0.371 e. The van der Waals surface area contributed by atoms with Gasteiger partial charge in [-0.15, -0.1) is 0 Å². The lowest BCUT2D eigenvalue weighted by atomic mass is 9.84. The maximum Gasteiger partial charge on any atom is 0.0399 e. The van der Waals surface area contributed by atoms with Gasteiger partial charge in [0, 0.05) is 24.8 Å². The topological polar surface area (TPSA) is 15.3 Å². The summed E-state index contributed by atoms with van der Waals surface area (Å²) < 4.78 is 0. The lowest BCUT2D eigenvalue weighted by molar-refractivity contribution is 0.277. The average Bonchev–Trinajstić information content (AvgIpc) is 2.83. The third kappa shape index (κ3) is 2.26. The fraction of sp³-hybridized carbons (Fsp3) is 0.625. The van der Waals surface area contributed by atoms with Gasteiger partial charge in [0.2, 0.25) is 0 Å². The SMILES string of the molecule is CNC1CCCCC1CN1CCc2ccccc21. The molecule has 3 rings (SSSR count). The van der Waals surface area contributed by atoms with Crippen LogP contribution >= 0.6 is 0 Å². The number of nitrogens with zero attached hydrogens (tertiary/aromatic N) is 1. The van der Waals surface area contributed by atoms with E-state index in [-0.39, 0.29) is 0 Å². The summed E-state index contributed by atoms with van der Waals surface area (Å²) >= 11 is 0. The predicted octanol–water partition coefficient (Wildman–Crippen LogP) is 2.83. The van der Waals surface area contributed by atoms with E-state index in [1.807, 2.05) is 0 Å². The minimum atomic E-state index is 0.728. The van der Waals surface area contributed by atoms with Gasteiger partial charge in [-0.25, -0.2) is 0 Å². The van der Waals surface area contributed by atoms with Gasteiger partial charge in [0.15, 0.2) is 0 Å². The van der Waals surface area contributed by atoms with E-state index < -0.39 is 0 Å². The summed E-state index contributed by atoms with van der Waals surface area (Å²) in [6.07, 6.45) is 6.80. The molecule has 1 aromatic carbocycles. The Labute approximate surface area is 110 Å². The summed E-state index contributed by atoms with van der Waals surface area (Å²) in [7, 11) is 2.13. The molecule has 1 fully saturated rings. The molecule has 1 N–H and O–H groups in total. The molecule has 2 unspecified atom stereocenters. The highest BCUT2D eigenvalue weighted by molar-refractivity contribution is 5.57. The second kappa shape index (κ2) is 5.31. The molecule has 0 spiro atoms. The third-order valence-corrected chi connectivity index (χ3v) is 4.72. The molecule has 0 aromatic heterocycles. The van der Waals surface area contributed by atoms with Crippen molar-refractivity contribution in [3.8, 4) is 0 Å². The smallest absolute Gasteiger partial charge is 0.0399 e. The Balaban J connectivity index is 1.70. The molecule has 98 valence electrons. The maximum atomic E-state index is 3.53. The second-order valence-corrected chi connectivity index (χ2v) is 5.76. The second-order valence-electron chi connectivity index (χ2n) is 5.76. The summed E-state index contributed by atoms with van der Waals surface area (Å²) in [6.45, 7) is 2.45. The molecule has 0 radical (unpaired) electrons. The Bertz CT molecular complexity index is 402. The number of hydrogen-bond acceptors (Lipinski definition) is 2. The van der Waals surface area contributed by atoms with Crippen molar-refractivity contribution in [3.63, 3.8) is 0 Å². The first-order valence-corrected chi connectivity index (χ1v) is 7.38. The van der Waals surface area contributed by atoms with Gasteiger partial charge in [-0.05, 0) is 43.9 Å². The van der Waals surface area contributed by atoms with Crippen LogP contribution in [0.3, 0.4) is 0 Å². The van der Waals surface area contributed by atoms with Crippen molar-refractivity contribution in [1.29, 1.82) is 0 Å². The van der Waals surface area contributed by atoms with E-state index in [4.69, 9.17) is 0 Å². The predicted molar refractivity (Wildman–Crippen MR) is 77.2 cm³/mol. The number of fused-ring (bicyclic) bond motifs is 1. The summed E-state index contributed by atoms with van der Waals surface area (Å²) in [5.41, 5.74) is 3.02. The van der Waals surface area contributed by atoms with Crippen molar-refractivity contribution in [3.05, 3.63) is 29.8 Å². The molecule has 1 heterocycles. The van der Waals surface area contributed by atoms with Crippen molar-refractivity contribution in [2.24, 2.45) is 5.92 Å². The number of para-hydroxylation sites is 1. The first-order valence-electron chi connectivity index (χ1n) is 7.38.